The van der Waals surface area contributed by atoms with Crippen molar-refractivity contribution >= 4 is 23.9 Å². The van der Waals surface area contributed by atoms with E-state index in [4.69, 9.17) is 20.1 Å². The smallest absolute Gasteiger partial charge is 0.264 e. The molecule has 1 heterocycles. The number of hydrogen-bond acceptors (Lipinski definition) is 9. The van der Waals surface area contributed by atoms with Crippen LogP contribution in [0.3, 0.4) is 0 Å². The molecule has 0 aliphatic carbocycles. The highest BCUT2D eigenvalue weighted by atomic mass is 32.2. The Balaban J connectivity index is 1.59. The van der Waals surface area contributed by atoms with Crippen molar-refractivity contribution in [2.75, 3.05) is 32.6 Å². The van der Waals surface area contributed by atoms with E-state index in [9.17, 15) is 0 Å². The van der Waals surface area contributed by atoms with Crippen LogP contribution < -0.4 is 25.5 Å². The molecule has 0 atom stereocenters. The van der Waals surface area contributed by atoms with Crippen molar-refractivity contribution in [2.24, 2.45) is 5.10 Å². The highest BCUT2D eigenvalue weighted by molar-refractivity contribution is 7.98. The van der Waals surface area contributed by atoms with Crippen LogP contribution >= 0.6 is 11.8 Å². The Kier molecular flexibility index (Phi) is 6.80. The number of thioether (sulfide) groups is 1. The van der Waals surface area contributed by atoms with E-state index in [0.29, 0.717) is 28.4 Å². The third-order valence-electron chi connectivity index (χ3n) is 3.98. The molecule has 0 fully saturated rings. The fraction of sp³-hybridized carbons (Fsp3) is 0.211. The topological polar surface area (TPSA) is 109 Å². The summed E-state index contributed by atoms with van der Waals surface area (Å²) in [7, 11) is 4.81. The zero-order valence-electron chi connectivity index (χ0n) is 16.3. The van der Waals surface area contributed by atoms with Crippen LogP contribution in [0.15, 0.2) is 52.7 Å². The van der Waals surface area contributed by atoms with Crippen LogP contribution in [0, 0.1) is 0 Å². The van der Waals surface area contributed by atoms with E-state index in [1.54, 1.807) is 33.6 Å². The molecule has 0 spiro atoms. The standard InChI is InChI=1S/C19H22N6O3S/c1-26-15-7-4-13(5-8-15)12-29-19-24-23-18(25(19)20)22-21-11-14-6-9-16(27-2)17(10-14)28-3/h4-11H,12,20H2,1-3H3,(H,22,23)/b21-11+. The van der Waals surface area contributed by atoms with E-state index in [0.717, 1.165) is 16.9 Å². The number of hydrogen-bond donors (Lipinski definition) is 2. The Morgan fingerprint density at radius 3 is 2.48 bits per heavy atom. The van der Waals surface area contributed by atoms with Gasteiger partial charge in [-0.15, -0.1) is 10.2 Å². The SMILES string of the molecule is COc1ccc(CSc2nnc(N/N=C/c3ccc(OC)c(OC)c3)n2N)cc1. The largest absolute Gasteiger partial charge is 0.497 e. The Bertz CT molecular complexity index is 975. The molecule has 152 valence electrons. The summed E-state index contributed by atoms with van der Waals surface area (Å²) in [5, 5.41) is 12.8. The molecule has 9 nitrogen and oxygen atoms in total. The Labute approximate surface area is 172 Å². The van der Waals surface area contributed by atoms with Gasteiger partial charge in [0.25, 0.3) is 5.95 Å². The second kappa shape index (κ2) is 9.69. The molecule has 0 bridgehead atoms. The minimum atomic E-state index is 0.332. The van der Waals surface area contributed by atoms with Gasteiger partial charge in [-0.25, -0.2) is 10.1 Å². The van der Waals surface area contributed by atoms with Crippen LogP contribution in [-0.4, -0.2) is 42.4 Å². The summed E-state index contributed by atoms with van der Waals surface area (Å²) in [6.07, 6.45) is 1.63. The zero-order chi connectivity index (χ0) is 20.6. The van der Waals surface area contributed by atoms with Gasteiger partial charge in [0.05, 0.1) is 27.5 Å². The van der Waals surface area contributed by atoms with Crippen LogP contribution in [0.4, 0.5) is 5.95 Å². The molecular formula is C19H22N6O3S. The predicted molar refractivity (Wildman–Crippen MR) is 113 cm³/mol. The molecule has 0 saturated heterocycles. The average Bonchev–Trinajstić information content (AvgIpc) is 3.12. The quantitative estimate of drug-likeness (QED) is 0.238. The van der Waals surface area contributed by atoms with Crippen LogP contribution in [0.25, 0.3) is 0 Å². The number of aromatic nitrogens is 3. The summed E-state index contributed by atoms with van der Waals surface area (Å²) in [5.74, 6) is 9.18. The molecule has 10 heteroatoms. The lowest BCUT2D eigenvalue weighted by molar-refractivity contribution is 0.355. The van der Waals surface area contributed by atoms with E-state index < -0.39 is 0 Å². The number of hydrazone groups is 1. The molecule has 3 N–H and O–H groups in total. The first-order chi connectivity index (χ1) is 14.1. The van der Waals surface area contributed by atoms with Gasteiger partial charge in [-0.3, -0.25) is 0 Å². The summed E-state index contributed by atoms with van der Waals surface area (Å²) < 4.78 is 17.0. The molecule has 0 aliphatic heterocycles. The lowest BCUT2D eigenvalue weighted by atomic mass is 10.2. The Hall–Kier alpha value is -3.40. The number of benzene rings is 2. The van der Waals surface area contributed by atoms with E-state index in [2.05, 4.69) is 20.7 Å². The van der Waals surface area contributed by atoms with Gasteiger partial charge in [0.15, 0.2) is 11.5 Å². The minimum absolute atomic E-state index is 0.332. The van der Waals surface area contributed by atoms with Crippen LogP contribution in [0.2, 0.25) is 0 Å². The second-order valence-electron chi connectivity index (χ2n) is 5.80. The third-order valence-corrected chi connectivity index (χ3v) is 4.99. The molecule has 3 rings (SSSR count). The molecule has 0 aliphatic rings. The number of anilines is 1. The molecule has 3 aromatic rings. The number of nitrogens with two attached hydrogens (primary N) is 1. The average molecular weight is 414 g/mol. The van der Waals surface area contributed by atoms with Crippen molar-refractivity contribution in [3.63, 3.8) is 0 Å². The first kappa shape index (κ1) is 20.3. The summed E-state index contributed by atoms with van der Waals surface area (Å²) in [6.45, 7) is 0. The maximum Gasteiger partial charge on any atom is 0.264 e. The van der Waals surface area contributed by atoms with E-state index in [1.165, 1.54) is 16.4 Å². The molecule has 0 radical (unpaired) electrons. The molecule has 0 saturated carbocycles. The summed E-state index contributed by atoms with van der Waals surface area (Å²) in [5.41, 5.74) is 4.74. The first-order valence-corrected chi connectivity index (χ1v) is 9.60. The van der Waals surface area contributed by atoms with Crippen molar-refractivity contribution in [3.05, 3.63) is 53.6 Å². The Morgan fingerprint density at radius 1 is 1.03 bits per heavy atom. The maximum absolute atomic E-state index is 6.05. The van der Waals surface area contributed by atoms with Crippen LogP contribution in [0.5, 0.6) is 17.2 Å². The van der Waals surface area contributed by atoms with Crippen molar-refractivity contribution in [3.8, 4) is 17.2 Å². The molecule has 0 amide bonds. The zero-order valence-corrected chi connectivity index (χ0v) is 17.1. The summed E-state index contributed by atoms with van der Waals surface area (Å²) in [6, 6.07) is 13.3. The highest BCUT2D eigenvalue weighted by Gasteiger charge is 2.10. The summed E-state index contributed by atoms with van der Waals surface area (Å²) in [4.78, 5) is 0. The fourth-order valence-electron chi connectivity index (χ4n) is 2.42. The van der Waals surface area contributed by atoms with Crippen molar-refractivity contribution in [2.45, 2.75) is 10.9 Å². The predicted octanol–water partition coefficient (Wildman–Crippen LogP) is 2.76. The van der Waals surface area contributed by atoms with Gasteiger partial charge in [0, 0.05) is 5.75 Å². The van der Waals surface area contributed by atoms with Gasteiger partial charge in [-0.2, -0.15) is 5.10 Å². The van der Waals surface area contributed by atoms with Gasteiger partial charge in [0.2, 0.25) is 5.16 Å². The van der Waals surface area contributed by atoms with Crippen molar-refractivity contribution in [1.29, 1.82) is 0 Å². The number of nitrogens with zero attached hydrogens (tertiary/aromatic N) is 4. The minimum Gasteiger partial charge on any atom is -0.497 e. The summed E-state index contributed by atoms with van der Waals surface area (Å²) >= 11 is 1.47. The number of methoxy groups -OCH3 is 3. The van der Waals surface area contributed by atoms with Crippen molar-refractivity contribution in [1.82, 2.24) is 14.9 Å². The van der Waals surface area contributed by atoms with Gasteiger partial charge in [-0.1, -0.05) is 23.9 Å². The number of nitrogens with one attached hydrogen (secondary N) is 1. The monoisotopic (exact) mass is 414 g/mol. The van der Waals surface area contributed by atoms with Gasteiger partial charge >= 0.3 is 0 Å². The second-order valence-corrected chi connectivity index (χ2v) is 6.74. The van der Waals surface area contributed by atoms with E-state index in [1.807, 2.05) is 36.4 Å². The molecule has 2 aromatic carbocycles. The van der Waals surface area contributed by atoms with E-state index >= 15 is 0 Å². The molecule has 1 aromatic heterocycles. The lowest BCUT2D eigenvalue weighted by Gasteiger charge is -2.07. The van der Waals surface area contributed by atoms with Gasteiger partial charge in [-0.05, 0) is 41.5 Å². The number of ether oxygens (including phenoxy) is 3. The normalized spacial score (nSPS) is 10.9. The Morgan fingerprint density at radius 2 is 1.79 bits per heavy atom. The highest BCUT2D eigenvalue weighted by Crippen LogP contribution is 2.27. The number of rotatable bonds is 9. The first-order valence-electron chi connectivity index (χ1n) is 8.62. The van der Waals surface area contributed by atoms with Crippen LogP contribution in [-0.2, 0) is 5.75 Å². The molecule has 29 heavy (non-hydrogen) atoms. The lowest BCUT2D eigenvalue weighted by Crippen LogP contribution is -2.13. The third kappa shape index (κ3) is 5.11. The maximum atomic E-state index is 6.05. The van der Waals surface area contributed by atoms with Crippen LogP contribution in [0.1, 0.15) is 11.1 Å². The van der Waals surface area contributed by atoms with Gasteiger partial charge < -0.3 is 20.1 Å². The molecular weight excluding hydrogens is 392 g/mol. The van der Waals surface area contributed by atoms with E-state index in [-0.39, 0.29) is 0 Å². The van der Waals surface area contributed by atoms with Gasteiger partial charge in [0.1, 0.15) is 5.75 Å². The molecule has 0 unspecified atom stereocenters. The fourth-order valence-corrected chi connectivity index (χ4v) is 3.23. The van der Waals surface area contributed by atoms with Crippen molar-refractivity contribution < 1.29 is 14.2 Å². The number of nitrogen functional groups attached to an aromatic ring is 1.